The van der Waals surface area contributed by atoms with Crippen molar-refractivity contribution >= 4 is 0 Å². The van der Waals surface area contributed by atoms with Crippen molar-refractivity contribution in [1.29, 1.82) is 0 Å². The summed E-state index contributed by atoms with van der Waals surface area (Å²) in [5.41, 5.74) is 0. The Labute approximate surface area is 105 Å². The van der Waals surface area contributed by atoms with Gasteiger partial charge in [-0.2, -0.15) is 0 Å². The van der Waals surface area contributed by atoms with Crippen molar-refractivity contribution in [3.8, 4) is 0 Å². The number of nitrogens with zero attached hydrogens (tertiary/aromatic N) is 1. The summed E-state index contributed by atoms with van der Waals surface area (Å²) in [6, 6.07) is 1.10. The molecule has 4 nitrogen and oxygen atoms in total. The minimum Gasteiger partial charge on any atom is -0.389 e. The Hall–Kier alpha value is -0.160. The van der Waals surface area contributed by atoms with Gasteiger partial charge in [0.15, 0.2) is 0 Å². The SMILES string of the molecule is COCC(O)CN1CCCCC1CNC(C)C. The van der Waals surface area contributed by atoms with Gasteiger partial charge in [0, 0.05) is 32.3 Å². The molecule has 0 aliphatic carbocycles. The minimum absolute atomic E-state index is 0.361. The molecule has 102 valence electrons. The van der Waals surface area contributed by atoms with Gasteiger partial charge in [0.25, 0.3) is 0 Å². The molecule has 1 fully saturated rings. The van der Waals surface area contributed by atoms with Crippen LogP contribution in [0.4, 0.5) is 0 Å². The van der Waals surface area contributed by atoms with Gasteiger partial charge in [-0.3, -0.25) is 4.90 Å². The first-order chi connectivity index (χ1) is 8.13. The van der Waals surface area contributed by atoms with Gasteiger partial charge in [-0.15, -0.1) is 0 Å². The second-order valence-corrected chi connectivity index (χ2v) is 5.32. The summed E-state index contributed by atoms with van der Waals surface area (Å²) in [5, 5.41) is 13.3. The number of aliphatic hydroxyl groups excluding tert-OH is 1. The fourth-order valence-corrected chi connectivity index (χ4v) is 2.42. The molecular formula is C13H28N2O2. The minimum atomic E-state index is -0.361. The first kappa shape index (κ1) is 14.9. The zero-order valence-electron chi connectivity index (χ0n) is 11.5. The maximum atomic E-state index is 9.81. The number of nitrogens with one attached hydrogen (secondary N) is 1. The summed E-state index contributed by atoms with van der Waals surface area (Å²) in [6.45, 7) is 7.64. The zero-order chi connectivity index (χ0) is 12.7. The van der Waals surface area contributed by atoms with Crippen LogP contribution in [0.2, 0.25) is 0 Å². The first-order valence-corrected chi connectivity index (χ1v) is 6.78. The molecule has 17 heavy (non-hydrogen) atoms. The van der Waals surface area contributed by atoms with E-state index in [2.05, 4.69) is 24.1 Å². The molecular weight excluding hydrogens is 216 g/mol. The molecule has 4 heteroatoms. The molecule has 0 aromatic heterocycles. The molecule has 0 spiro atoms. The number of piperidine rings is 1. The highest BCUT2D eigenvalue weighted by atomic mass is 16.5. The summed E-state index contributed by atoms with van der Waals surface area (Å²) in [7, 11) is 1.64. The standard InChI is InChI=1S/C13H28N2O2/c1-11(2)14-8-12-6-4-5-7-15(12)9-13(16)10-17-3/h11-14,16H,4-10H2,1-3H3. The van der Waals surface area contributed by atoms with Gasteiger partial charge in [0.05, 0.1) is 12.7 Å². The average Bonchev–Trinajstić information content (AvgIpc) is 2.28. The third-order valence-electron chi connectivity index (χ3n) is 3.32. The second kappa shape index (κ2) is 8.03. The molecule has 0 amide bonds. The van der Waals surface area contributed by atoms with Crippen molar-refractivity contribution in [2.75, 3.05) is 33.4 Å². The van der Waals surface area contributed by atoms with E-state index in [0.29, 0.717) is 18.7 Å². The van der Waals surface area contributed by atoms with Crippen LogP contribution in [0.3, 0.4) is 0 Å². The Balaban J connectivity index is 2.36. The molecule has 1 aliphatic heterocycles. The lowest BCUT2D eigenvalue weighted by molar-refractivity contribution is 0.0179. The molecule has 0 aromatic carbocycles. The molecule has 1 saturated heterocycles. The quantitative estimate of drug-likeness (QED) is 0.697. The number of rotatable bonds is 7. The van der Waals surface area contributed by atoms with Crippen molar-refractivity contribution in [3.63, 3.8) is 0 Å². The number of β-amino-alcohol motifs (C(OH)–C–C–N with tert-alkyl or cyclic N) is 1. The summed E-state index contributed by atoms with van der Waals surface area (Å²) in [5.74, 6) is 0. The van der Waals surface area contributed by atoms with E-state index in [4.69, 9.17) is 4.74 Å². The van der Waals surface area contributed by atoms with Gasteiger partial charge >= 0.3 is 0 Å². The molecule has 0 saturated carbocycles. The molecule has 1 aliphatic rings. The first-order valence-electron chi connectivity index (χ1n) is 6.78. The number of likely N-dealkylation sites (tertiary alicyclic amines) is 1. The number of aliphatic hydroxyl groups is 1. The maximum Gasteiger partial charge on any atom is 0.0900 e. The Bertz CT molecular complexity index is 200. The third kappa shape index (κ3) is 5.82. The molecule has 2 atom stereocenters. The Morgan fingerprint density at radius 2 is 2.18 bits per heavy atom. The highest BCUT2D eigenvalue weighted by Gasteiger charge is 2.24. The summed E-state index contributed by atoms with van der Waals surface area (Å²) < 4.78 is 4.99. The van der Waals surface area contributed by atoms with Crippen LogP contribution in [0.1, 0.15) is 33.1 Å². The van der Waals surface area contributed by atoms with Crippen molar-refractivity contribution < 1.29 is 9.84 Å². The molecule has 1 rings (SSSR count). The highest BCUT2D eigenvalue weighted by molar-refractivity contribution is 4.81. The van der Waals surface area contributed by atoms with Crippen LogP contribution in [0, 0.1) is 0 Å². The average molecular weight is 244 g/mol. The van der Waals surface area contributed by atoms with Crippen molar-refractivity contribution in [2.45, 2.75) is 51.3 Å². The van der Waals surface area contributed by atoms with E-state index in [1.807, 2.05) is 0 Å². The van der Waals surface area contributed by atoms with Crippen LogP contribution in [0.15, 0.2) is 0 Å². The van der Waals surface area contributed by atoms with E-state index in [1.165, 1.54) is 19.3 Å². The number of ether oxygens (including phenoxy) is 1. The zero-order valence-corrected chi connectivity index (χ0v) is 11.5. The molecule has 1 heterocycles. The number of methoxy groups -OCH3 is 1. The van der Waals surface area contributed by atoms with Gasteiger partial charge < -0.3 is 15.2 Å². The van der Waals surface area contributed by atoms with Crippen LogP contribution in [0.25, 0.3) is 0 Å². The lowest BCUT2D eigenvalue weighted by Crippen LogP contribution is -2.49. The van der Waals surface area contributed by atoms with Crippen LogP contribution >= 0.6 is 0 Å². The predicted octanol–water partition coefficient (Wildman–Crippen LogP) is 0.846. The van der Waals surface area contributed by atoms with Crippen LogP contribution in [-0.4, -0.2) is 61.5 Å². The lowest BCUT2D eigenvalue weighted by atomic mass is 10.0. The molecule has 0 radical (unpaired) electrons. The largest absolute Gasteiger partial charge is 0.389 e. The number of hydrogen-bond donors (Lipinski definition) is 2. The Kier molecular flexibility index (Phi) is 7.04. The van der Waals surface area contributed by atoms with Crippen molar-refractivity contribution in [1.82, 2.24) is 10.2 Å². The molecule has 2 unspecified atom stereocenters. The summed E-state index contributed by atoms with van der Waals surface area (Å²) in [6.07, 6.45) is 3.43. The van der Waals surface area contributed by atoms with E-state index in [0.717, 1.165) is 19.6 Å². The van der Waals surface area contributed by atoms with Gasteiger partial charge in [0.1, 0.15) is 0 Å². The second-order valence-electron chi connectivity index (χ2n) is 5.32. The fourth-order valence-electron chi connectivity index (χ4n) is 2.42. The third-order valence-corrected chi connectivity index (χ3v) is 3.32. The van der Waals surface area contributed by atoms with Gasteiger partial charge in [0.2, 0.25) is 0 Å². The van der Waals surface area contributed by atoms with E-state index in [-0.39, 0.29) is 6.10 Å². The Morgan fingerprint density at radius 1 is 1.41 bits per heavy atom. The number of hydrogen-bond acceptors (Lipinski definition) is 4. The summed E-state index contributed by atoms with van der Waals surface area (Å²) >= 11 is 0. The fraction of sp³-hybridized carbons (Fsp3) is 1.00. The van der Waals surface area contributed by atoms with Gasteiger partial charge in [-0.05, 0) is 19.4 Å². The van der Waals surface area contributed by atoms with Crippen molar-refractivity contribution in [3.05, 3.63) is 0 Å². The topological polar surface area (TPSA) is 44.7 Å². The monoisotopic (exact) mass is 244 g/mol. The Morgan fingerprint density at radius 3 is 2.82 bits per heavy atom. The van der Waals surface area contributed by atoms with E-state index in [1.54, 1.807) is 7.11 Å². The summed E-state index contributed by atoms with van der Waals surface area (Å²) in [4.78, 5) is 2.41. The predicted molar refractivity (Wildman–Crippen MR) is 70.2 cm³/mol. The smallest absolute Gasteiger partial charge is 0.0900 e. The van der Waals surface area contributed by atoms with E-state index in [9.17, 15) is 5.11 Å². The normalized spacial score (nSPS) is 24.2. The molecule has 2 N–H and O–H groups in total. The lowest BCUT2D eigenvalue weighted by Gasteiger charge is -2.37. The van der Waals surface area contributed by atoms with Crippen LogP contribution in [0.5, 0.6) is 0 Å². The van der Waals surface area contributed by atoms with E-state index < -0.39 is 0 Å². The molecule has 0 aromatic rings. The van der Waals surface area contributed by atoms with E-state index >= 15 is 0 Å². The van der Waals surface area contributed by atoms with Crippen LogP contribution in [-0.2, 0) is 4.74 Å². The highest BCUT2D eigenvalue weighted by Crippen LogP contribution is 2.16. The van der Waals surface area contributed by atoms with Crippen LogP contribution < -0.4 is 5.32 Å². The molecule has 0 bridgehead atoms. The van der Waals surface area contributed by atoms with Gasteiger partial charge in [-0.25, -0.2) is 0 Å². The van der Waals surface area contributed by atoms with Gasteiger partial charge in [-0.1, -0.05) is 20.3 Å². The maximum absolute atomic E-state index is 9.81. The van der Waals surface area contributed by atoms with Crippen molar-refractivity contribution in [2.24, 2.45) is 0 Å².